The SMILES string of the molecule is CC(C)N1CCC[C@@]2(CCN(C(=O)c3cn(-c4ccccc4)nn3)C2)C1=O. The number of carbonyl (C=O) groups is 2. The van der Waals surface area contributed by atoms with Gasteiger partial charge in [0.05, 0.1) is 17.3 Å². The lowest BCUT2D eigenvalue weighted by Crippen LogP contribution is -2.52. The Labute approximate surface area is 158 Å². The summed E-state index contributed by atoms with van der Waals surface area (Å²) in [4.78, 5) is 29.7. The molecule has 0 radical (unpaired) electrons. The molecule has 27 heavy (non-hydrogen) atoms. The van der Waals surface area contributed by atoms with Crippen molar-refractivity contribution in [3.8, 4) is 5.69 Å². The largest absolute Gasteiger partial charge is 0.340 e. The van der Waals surface area contributed by atoms with Gasteiger partial charge in [0.15, 0.2) is 5.69 Å². The zero-order valence-corrected chi connectivity index (χ0v) is 15.8. The van der Waals surface area contributed by atoms with E-state index in [9.17, 15) is 9.59 Å². The fourth-order valence-electron chi connectivity index (χ4n) is 4.25. The topological polar surface area (TPSA) is 71.3 Å². The number of para-hydroxylation sites is 1. The minimum absolute atomic E-state index is 0.150. The summed E-state index contributed by atoms with van der Waals surface area (Å²) in [7, 11) is 0. The van der Waals surface area contributed by atoms with Gasteiger partial charge in [-0.15, -0.1) is 5.10 Å². The van der Waals surface area contributed by atoms with E-state index in [1.807, 2.05) is 35.2 Å². The number of nitrogens with zero attached hydrogens (tertiary/aromatic N) is 5. The van der Waals surface area contributed by atoms with Gasteiger partial charge in [0, 0.05) is 25.7 Å². The Bertz CT molecular complexity index is 847. The maximum atomic E-state index is 13.0. The van der Waals surface area contributed by atoms with E-state index in [0.717, 1.165) is 31.5 Å². The summed E-state index contributed by atoms with van der Waals surface area (Å²) in [6.07, 6.45) is 4.24. The van der Waals surface area contributed by atoms with Crippen molar-refractivity contribution in [2.45, 2.75) is 39.2 Å². The van der Waals surface area contributed by atoms with Gasteiger partial charge >= 0.3 is 0 Å². The van der Waals surface area contributed by atoms with E-state index in [-0.39, 0.29) is 17.9 Å². The van der Waals surface area contributed by atoms with Crippen LogP contribution in [0.15, 0.2) is 36.5 Å². The smallest absolute Gasteiger partial charge is 0.276 e. The minimum atomic E-state index is -0.423. The number of rotatable bonds is 3. The first kappa shape index (κ1) is 17.7. The molecule has 2 aliphatic heterocycles. The monoisotopic (exact) mass is 367 g/mol. The first-order chi connectivity index (χ1) is 13.0. The van der Waals surface area contributed by atoms with Crippen LogP contribution in [0.3, 0.4) is 0 Å². The average Bonchev–Trinajstić information content (AvgIpc) is 3.32. The van der Waals surface area contributed by atoms with Crippen molar-refractivity contribution in [1.29, 1.82) is 0 Å². The van der Waals surface area contributed by atoms with Crippen LogP contribution in [0.4, 0.5) is 0 Å². The van der Waals surface area contributed by atoms with Crippen LogP contribution in [0.2, 0.25) is 0 Å². The number of hydrogen-bond donors (Lipinski definition) is 0. The Morgan fingerprint density at radius 3 is 2.67 bits per heavy atom. The Morgan fingerprint density at radius 2 is 1.93 bits per heavy atom. The van der Waals surface area contributed by atoms with Crippen molar-refractivity contribution in [2.24, 2.45) is 5.41 Å². The van der Waals surface area contributed by atoms with E-state index in [1.54, 1.807) is 15.8 Å². The van der Waals surface area contributed by atoms with Crippen LogP contribution in [0.25, 0.3) is 5.69 Å². The number of aromatic nitrogens is 3. The molecule has 2 aromatic rings. The van der Waals surface area contributed by atoms with E-state index in [0.29, 0.717) is 18.8 Å². The molecular weight excluding hydrogens is 342 g/mol. The molecule has 1 aromatic heterocycles. The van der Waals surface area contributed by atoms with Crippen LogP contribution in [0.5, 0.6) is 0 Å². The highest BCUT2D eigenvalue weighted by atomic mass is 16.2. The van der Waals surface area contributed by atoms with Gasteiger partial charge in [-0.3, -0.25) is 9.59 Å². The lowest BCUT2D eigenvalue weighted by molar-refractivity contribution is -0.147. The van der Waals surface area contributed by atoms with E-state index >= 15 is 0 Å². The van der Waals surface area contributed by atoms with E-state index in [4.69, 9.17) is 0 Å². The third-order valence-corrected chi connectivity index (χ3v) is 5.77. The summed E-state index contributed by atoms with van der Waals surface area (Å²) in [5.41, 5.74) is 0.755. The van der Waals surface area contributed by atoms with Crippen molar-refractivity contribution < 1.29 is 9.59 Å². The normalized spacial score (nSPS) is 22.9. The molecular formula is C20H25N5O2. The highest BCUT2D eigenvalue weighted by molar-refractivity contribution is 5.93. The number of hydrogen-bond acceptors (Lipinski definition) is 4. The third-order valence-electron chi connectivity index (χ3n) is 5.77. The molecule has 0 N–H and O–H groups in total. The van der Waals surface area contributed by atoms with Gasteiger partial charge in [-0.1, -0.05) is 23.4 Å². The number of carbonyl (C=O) groups excluding carboxylic acids is 2. The molecule has 7 nitrogen and oxygen atoms in total. The lowest BCUT2D eigenvalue weighted by Gasteiger charge is -2.41. The van der Waals surface area contributed by atoms with E-state index in [1.165, 1.54) is 0 Å². The number of piperidine rings is 1. The van der Waals surface area contributed by atoms with Gasteiger partial charge in [0.25, 0.3) is 5.91 Å². The quantitative estimate of drug-likeness (QED) is 0.833. The third kappa shape index (κ3) is 3.11. The highest BCUT2D eigenvalue weighted by Crippen LogP contribution is 2.41. The summed E-state index contributed by atoms with van der Waals surface area (Å²) in [5, 5.41) is 8.14. The molecule has 0 aliphatic carbocycles. The molecule has 0 saturated carbocycles. The van der Waals surface area contributed by atoms with Crippen LogP contribution >= 0.6 is 0 Å². The van der Waals surface area contributed by atoms with Crippen LogP contribution in [-0.4, -0.2) is 62.3 Å². The standard InChI is InChI=1S/C20H25N5O2/c1-15(2)24-11-6-9-20(19(24)27)10-12-23(14-20)18(26)17-13-25(22-21-17)16-7-4-3-5-8-16/h3-5,7-8,13,15H,6,9-12,14H2,1-2H3/t20-/m0/s1. The van der Waals surface area contributed by atoms with E-state index < -0.39 is 5.41 Å². The molecule has 142 valence electrons. The Hall–Kier alpha value is -2.70. The Morgan fingerprint density at radius 1 is 1.15 bits per heavy atom. The molecule has 7 heteroatoms. The zero-order chi connectivity index (χ0) is 19.0. The molecule has 4 rings (SSSR count). The van der Waals surface area contributed by atoms with Gasteiger partial charge < -0.3 is 9.80 Å². The predicted octanol–water partition coefficient (Wildman–Crippen LogP) is 2.13. The second-order valence-corrected chi connectivity index (χ2v) is 7.84. The maximum absolute atomic E-state index is 13.0. The lowest BCUT2D eigenvalue weighted by atomic mass is 9.78. The average molecular weight is 367 g/mol. The summed E-state index contributed by atoms with van der Waals surface area (Å²) in [5.74, 6) is 0.0514. The van der Waals surface area contributed by atoms with Crippen molar-refractivity contribution >= 4 is 11.8 Å². The first-order valence-corrected chi connectivity index (χ1v) is 9.58. The fraction of sp³-hybridized carbons (Fsp3) is 0.500. The van der Waals surface area contributed by atoms with Gasteiger partial charge in [0.2, 0.25) is 5.91 Å². The Balaban J connectivity index is 1.50. The van der Waals surface area contributed by atoms with Crippen molar-refractivity contribution in [2.75, 3.05) is 19.6 Å². The zero-order valence-electron chi connectivity index (χ0n) is 15.8. The number of likely N-dealkylation sites (tertiary alicyclic amines) is 2. The van der Waals surface area contributed by atoms with Crippen LogP contribution in [0, 0.1) is 5.41 Å². The summed E-state index contributed by atoms with van der Waals surface area (Å²) in [6.45, 7) is 5.99. The summed E-state index contributed by atoms with van der Waals surface area (Å²) >= 11 is 0. The Kier molecular flexibility index (Phi) is 4.45. The molecule has 2 aliphatic rings. The molecule has 1 spiro atoms. The highest BCUT2D eigenvalue weighted by Gasteiger charge is 2.50. The van der Waals surface area contributed by atoms with E-state index in [2.05, 4.69) is 24.2 Å². The van der Waals surface area contributed by atoms with Gasteiger partial charge in [-0.2, -0.15) is 0 Å². The molecule has 0 bridgehead atoms. The summed E-state index contributed by atoms with van der Waals surface area (Å²) in [6, 6.07) is 9.78. The van der Waals surface area contributed by atoms with Crippen LogP contribution in [0.1, 0.15) is 43.6 Å². The number of benzene rings is 1. The molecule has 2 amide bonds. The maximum Gasteiger partial charge on any atom is 0.276 e. The minimum Gasteiger partial charge on any atom is -0.340 e. The molecule has 0 unspecified atom stereocenters. The second-order valence-electron chi connectivity index (χ2n) is 7.84. The predicted molar refractivity (Wildman–Crippen MR) is 100 cm³/mol. The molecule has 2 fully saturated rings. The molecule has 2 saturated heterocycles. The van der Waals surface area contributed by atoms with Crippen molar-refractivity contribution in [3.63, 3.8) is 0 Å². The molecule has 3 heterocycles. The van der Waals surface area contributed by atoms with Gasteiger partial charge in [0.1, 0.15) is 0 Å². The fourth-order valence-corrected chi connectivity index (χ4v) is 4.25. The molecule has 1 aromatic carbocycles. The summed E-state index contributed by atoms with van der Waals surface area (Å²) < 4.78 is 1.60. The van der Waals surface area contributed by atoms with Crippen molar-refractivity contribution in [1.82, 2.24) is 24.8 Å². The van der Waals surface area contributed by atoms with Crippen LogP contribution < -0.4 is 0 Å². The second kappa shape index (κ2) is 6.79. The number of amides is 2. The van der Waals surface area contributed by atoms with Crippen LogP contribution in [-0.2, 0) is 4.79 Å². The van der Waals surface area contributed by atoms with Crippen molar-refractivity contribution in [3.05, 3.63) is 42.2 Å². The first-order valence-electron chi connectivity index (χ1n) is 9.58. The van der Waals surface area contributed by atoms with Gasteiger partial charge in [-0.05, 0) is 45.2 Å². The van der Waals surface area contributed by atoms with Gasteiger partial charge in [-0.25, -0.2) is 4.68 Å². The molecule has 1 atom stereocenters.